The lowest BCUT2D eigenvalue weighted by molar-refractivity contribution is 0.281. The van der Waals surface area contributed by atoms with Gasteiger partial charge in [-0.25, -0.2) is 0 Å². The highest BCUT2D eigenvalue weighted by molar-refractivity contribution is 6.42. The first-order valence-corrected chi connectivity index (χ1v) is 7.47. The number of nitrogens with zero attached hydrogens (tertiary/aromatic N) is 1. The van der Waals surface area contributed by atoms with Gasteiger partial charge in [0.15, 0.2) is 5.76 Å². The Labute approximate surface area is 138 Å². The molecule has 5 heteroatoms. The number of hydrogen-bond acceptors (Lipinski definition) is 3. The van der Waals surface area contributed by atoms with Crippen molar-refractivity contribution >= 4 is 23.2 Å². The average molecular weight is 334 g/mol. The number of aliphatic hydroxyl groups is 1. The largest absolute Gasteiger partial charge is 0.391 e. The fourth-order valence-electron chi connectivity index (χ4n) is 2.26. The Hall–Kier alpha value is -1.81. The summed E-state index contributed by atoms with van der Waals surface area (Å²) < 4.78 is 5.45. The molecular weight excluding hydrogens is 321 g/mol. The maximum atomic E-state index is 9.73. The van der Waals surface area contributed by atoms with Crippen LogP contribution in [0.5, 0.6) is 0 Å². The van der Waals surface area contributed by atoms with Gasteiger partial charge in [0.2, 0.25) is 0 Å². The molecule has 0 spiro atoms. The number of aliphatic hydroxyl groups excluding tert-OH is 1. The van der Waals surface area contributed by atoms with Crippen LogP contribution in [0.25, 0.3) is 22.6 Å². The van der Waals surface area contributed by atoms with Crippen LogP contribution in [0.4, 0.5) is 0 Å². The fourth-order valence-corrected chi connectivity index (χ4v) is 2.56. The molecule has 0 saturated heterocycles. The molecule has 0 bridgehead atoms. The third-order valence-electron chi connectivity index (χ3n) is 3.45. The summed E-state index contributed by atoms with van der Waals surface area (Å²) in [5, 5.41) is 14.7. The van der Waals surface area contributed by atoms with Gasteiger partial charge in [-0.3, -0.25) is 0 Å². The molecule has 0 fully saturated rings. The van der Waals surface area contributed by atoms with Crippen LogP contribution in [0.15, 0.2) is 47.0 Å². The van der Waals surface area contributed by atoms with Crippen molar-refractivity contribution in [1.29, 1.82) is 0 Å². The van der Waals surface area contributed by atoms with E-state index in [-0.39, 0.29) is 6.61 Å². The average Bonchev–Trinajstić information content (AvgIpc) is 2.94. The molecule has 1 aromatic heterocycles. The SMILES string of the molecule is Cc1ccc(-c2onc(-c3ccc(Cl)c(Cl)c3)c2CO)cc1. The predicted molar refractivity (Wildman–Crippen MR) is 88.1 cm³/mol. The van der Waals surface area contributed by atoms with Crippen LogP contribution in [0.2, 0.25) is 10.0 Å². The van der Waals surface area contributed by atoms with Gasteiger partial charge in [-0.1, -0.05) is 64.3 Å². The van der Waals surface area contributed by atoms with Crippen molar-refractivity contribution < 1.29 is 9.63 Å². The molecule has 0 aliphatic rings. The zero-order valence-corrected chi connectivity index (χ0v) is 13.3. The molecule has 0 unspecified atom stereocenters. The van der Waals surface area contributed by atoms with Crippen molar-refractivity contribution in [3.8, 4) is 22.6 Å². The molecule has 0 amide bonds. The monoisotopic (exact) mass is 333 g/mol. The second-order valence-corrected chi connectivity index (χ2v) is 5.81. The summed E-state index contributed by atoms with van der Waals surface area (Å²) in [5.41, 5.74) is 3.96. The van der Waals surface area contributed by atoms with Gasteiger partial charge in [0.25, 0.3) is 0 Å². The zero-order valence-electron chi connectivity index (χ0n) is 11.8. The Morgan fingerprint density at radius 1 is 1.00 bits per heavy atom. The summed E-state index contributed by atoms with van der Waals surface area (Å²) in [6, 6.07) is 13.0. The molecule has 0 aliphatic heterocycles. The lowest BCUT2D eigenvalue weighted by atomic mass is 10.0. The van der Waals surface area contributed by atoms with Crippen LogP contribution in [0.3, 0.4) is 0 Å². The van der Waals surface area contributed by atoms with Crippen molar-refractivity contribution in [3.63, 3.8) is 0 Å². The first-order valence-electron chi connectivity index (χ1n) is 6.72. The van der Waals surface area contributed by atoms with Crippen molar-refractivity contribution in [2.45, 2.75) is 13.5 Å². The highest BCUT2D eigenvalue weighted by Crippen LogP contribution is 2.34. The molecule has 1 N–H and O–H groups in total. The van der Waals surface area contributed by atoms with Gasteiger partial charge in [-0.15, -0.1) is 0 Å². The third-order valence-corrected chi connectivity index (χ3v) is 4.19. The van der Waals surface area contributed by atoms with Crippen LogP contribution in [-0.2, 0) is 6.61 Å². The highest BCUT2D eigenvalue weighted by atomic mass is 35.5. The summed E-state index contributed by atoms with van der Waals surface area (Å²) in [6.07, 6.45) is 0. The Morgan fingerprint density at radius 2 is 1.68 bits per heavy atom. The molecule has 0 atom stereocenters. The number of aryl methyl sites for hydroxylation is 1. The van der Waals surface area contributed by atoms with Gasteiger partial charge in [-0.2, -0.15) is 0 Å². The standard InChI is InChI=1S/C17H13Cl2NO2/c1-10-2-4-11(5-3-10)17-13(9-21)16(20-22-17)12-6-7-14(18)15(19)8-12/h2-8,21H,9H2,1H3. The van der Waals surface area contributed by atoms with E-state index in [0.717, 1.165) is 16.7 Å². The van der Waals surface area contributed by atoms with Gasteiger partial charge in [-0.05, 0) is 19.1 Å². The summed E-state index contributed by atoms with van der Waals surface area (Å²) >= 11 is 12.0. The molecular formula is C17H13Cl2NO2. The number of aromatic nitrogens is 1. The fraction of sp³-hybridized carbons (Fsp3) is 0.118. The molecule has 3 nitrogen and oxygen atoms in total. The number of rotatable bonds is 3. The molecule has 0 aliphatic carbocycles. The number of hydrogen-bond donors (Lipinski definition) is 1. The molecule has 0 saturated carbocycles. The van der Waals surface area contributed by atoms with Gasteiger partial charge < -0.3 is 9.63 Å². The second kappa shape index (κ2) is 6.13. The first-order chi connectivity index (χ1) is 10.6. The Bertz CT molecular complexity index is 810. The van der Waals surface area contributed by atoms with E-state index in [1.807, 2.05) is 31.2 Å². The maximum Gasteiger partial charge on any atom is 0.173 e. The van der Waals surface area contributed by atoms with E-state index < -0.39 is 0 Å². The van der Waals surface area contributed by atoms with E-state index in [9.17, 15) is 5.11 Å². The van der Waals surface area contributed by atoms with Crippen molar-refractivity contribution in [1.82, 2.24) is 5.16 Å². The van der Waals surface area contributed by atoms with E-state index in [0.29, 0.717) is 27.1 Å². The second-order valence-electron chi connectivity index (χ2n) is 4.99. The van der Waals surface area contributed by atoms with Crippen molar-refractivity contribution in [2.75, 3.05) is 0 Å². The van der Waals surface area contributed by atoms with Crippen LogP contribution in [-0.4, -0.2) is 10.3 Å². The topological polar surface area (TPSA) is 46.3 Å². The van der Waals surface area contributed by atoms with Gasteiger partial charge in [0, 0.05) is 11.1 Å². The molecule has 2 aromatic carbocycles. The summed E-state index contributed by atoms with van der Waals surface area (Å²) in [7, 11) is 0. The first kappa shape index (κ1) is 15.1. The van der Waals surface area contributed by atoms with Gasteiger partial charge >= 0.3 is 0 Å². The highest BCUT2D eigenvalue weighted by Gasteiger charge is 2.18. The van der Waals surface area contributed by atoms with Crippen LogP contribution < -0.4 is 0 Å². The van der Waals surface area contributed by atoms with Crippen LogP contribution in [0.1, 0.15) is 11.1 Å². The minimum absolute atomic E-state index is 0.178. The van der Waals surface area contributed by atoms with Crippen molar-refractivity contribution in [3.05, 3.63) is 63.6 Å². The summed E-state index contributed by atoms with van der Waals surface area (Å²) in [5.74, 6) is 0.559. The van der Waals surface area contributed by atoms with Crippen LogP contribution in [0, 0.1) is 6.92 Å². The van der Waals surface area contributed by atoms with E-state index in [1.54, 1.807) is 18.2 Å². The molecule has 112 valence electrons. The van der Waals surface area contributed by atoms with E-state index >= 15 is 0 Å². The van der Waals surface area contributed by atoms with E-state index in [2.05, 4.69) is 5.16 Å². The quantitative estimate of drug-likeness (QED) is 0.723. The summed E-state index contributed by atoms with van der Waals surface area (Å²) in [6.45, 7) is 1.83. The van der Waals surface area contributed by atoms with Gasteiger partial charge in [0.1, 0.15) is 5.69 Å². The smallest absolute Gasteiger partial charge is 0.173 e. The van der Waals surface area contributed by atoms with E-state index in [4.69, 9.17) is 27.7 Å². The molecule has 3 aromatic rings. The zero-order chi connectivity index (χ0) is 15.7. The minimum atomic E-state index is -0.178. The molecule has 1 heterocycles. The third kappa shape index (κ3) is 2.75. The molecule has 3 rings (SSSR count). The predicted octanol–water partition coefficient (Wildman–Crippen LogP) is 5.12. The summed E-state index contributed by atoms with van der Waals surface area (Å²) in [4.78, 5) is 0. The Balaban J connectivity index is 2.10. The van der Waals surface area contributed by atoms with Gasteiger partial charge in [0.05, 0.1) is 22.2 Å². The normalized spacial score (nSPS) is 10.9. The lowest BCUT2D eigenvalue weighted by Crippen LogP contribution is -1.89. The minimum Gasteiger partial charge on any atom is -0.391 e. The van der Waals surface area contributed by atoms with Crippen LogP contribution >= 0.6 is 23.2 Å². The maximum absolute atomic E-state index is 9.73. The molecule has 22 heavy (non-hydrogen) atoms. The lowest BCUT2D eigenvalue weighted by Gasteiger charge is -2.03. The Morgan fingerprint density at radius 3 is 2.32 bits per heavy atom. The Kier molecular flexibility index (Phi) is 4.21. The molecule has 0 radical (unpaired) electrons. The van der Waals surface area contributed by atoms with Crippen molar-refractivity contribution in [2.24, 2.45) is 0 Å². The van der Waals surface area contributed by atoms with E-state index in [1.165, 1.54) is 0 Å². The number of benzene rings is 2. The number of halogens is 2.